The molecule has 12 heavy (non-hydrogen) atoms. The zero-order valence-electron chi connectivity index (χ0n) is 6.66. The van der Waals surface area contributed by atoms with Gasteiger partial charge in [-0.05, 0) is 8.96 Å². The van der Waals surface area contributed by atoms with Gasteiger partial charge in [0.2, 0.25) is 5.69 Å². The molecule has 0 aliphatic rings. The van der Waals surface area contributed by atoms with Crippen LogP contribution in [0, 0.1) is 6.92 Å². The van der Waals surface area contributed by atoms with Crippen LogP contribution in [0.15, 0.2) is 30.5 Å². The van der Waals surface area contributed by atoms with E-state index < -0.39 is 0 Å². The summed E-state index contributed by atoms with van der Waals surface area (Å²) in [7, 11) is 0. The van der Waals surface area contributed by atoms with E-state index in [0.29, 0.717) is 0 Å². The van der Waals surface area contributed by atoms with Crippen LogP contribution >= 0.6 is 22.9 Å². The van der Waals surface area contributed by atoms with Gasteiger partial charge in [0, 0.05) is 17.4 Å². The highest BCUT2D eigenvalue weighted by atomic mass is 127. The Morgan fingerprint density at radius 1 is 1.33 bits per heavy atom. The first kappa shape index (κ1) is 7.91. The van der Waals surface area contributed by atoms with E-state index in [1.165, 1.54) is 16.5 Å². The first-order valence-corrected chi connectivity index (χ1v) is 4.68. The summed E-state index contributed by atoms with van der Waals surface area (Å²) in [5.41, 5.74) is 1.19. The molecule has 0 N–H and O–H groups in total. The molecule has 2 nitrogen and oxygen atoms in total. The van der Waals surface area contributed by atoms with Crippen LogP contribution in [0.3, 0.4) is 0 Å². The molecule has 0 amide bonds. The maximum atomic E-state index is 4.21. The van der Waals surface area contributed by atoms with Crippen LogP contribution in [0.5, 0.6) is 0 Å². The summed E-state index contributed by atoms with van der Waals surface area (Å²) >= 11 is 2.18. The lowest BCUT2D eigenvalue weighted by Gasteiger charge is -1.94. The Hall–Kier alpha value is -0.710. The van der Waals surface area contributed by atoms with Crippen LogP contribution in [0.4, 0.5) is 0 Å². The number of hydrogen-bond donors (Lipinski definition) is 0. The highest BCUT2D eigenvalue weighted by Gasteiger charge is 2.08. The van der Waals surface area contributed by atoms with Gasteiger partial charge in [-0.3, -0.25) is 0 Å². The van der Waals surface area contributed by atoms with E-state index in [4.69, 9.17) is 0 Å². The second kappa shape index (κ2) is 2.97. The largest absolute Gasteiger partial charge is 0.384 e. The van der Waals surface area contributed by atoms with Crippen molar-refractivity contribution in [3.8, 4) is 0 Å². The highest BCUT2D eigenvalue weighted by Crippen LogP contribution is 2.13. The molecule has 0 saturated carbocycles. The number of fused-ring (bicyclic) bond motifs is 1. The van der Waals surface area contributed by atoms with Gasteiger partial charge in [-0.2, -0.15) is 0 Å². The minimum atomic E-state index is 1.19. The Kier molecular flexibility index (Phi) is 1.96. The summed E-state index contributed by atoms with van der Waals surface area (Å²) in [6.07, 6.45) is 1.88. The predicted molar refractivity (Wildman–Crippen MR) is 56.1 cm³/mol. The smallest absolute Gasteiger partial charge is 0.0616 e. The van der Waals surface area contributed by atoms with Gasteiger partial charge in [0.25, 0.3) is 0 Å². The molecule has 0 bridgehead atoms. The molecule has 1 heterocycles. The number of aromatic nitrogens is 2. The topological polar surface area (TPSA) is 16.8 Å². The van der Waals surface area contributed by atoms with E-state index >= 15 is 0 Å². The molecule has 0 saturated heterocycles. The lowest BCUT2D eigenvalue weighted by atomic mass is 10.1. The Bertz CT molecular complexity index is 426. The second-order valence-corrected chi connectivity index (χ2v) is 3.59. The molecule has 0 radical (unpaired) electrons. The number of nitrogens with zero attached hydrogens (tertiary/aromatic N) is 2. The van der Waals surface area contributed by atoms with Crippen molar-refractivity contribution in [2.75, 3.05) is 0 Å². The lowest BCUT2D eigenvalue weighted by molar-refractivity contribution is -0.519. The number of rotatable bonds is 0. The van der Waals surface area contributed by atoms with Gasteiger partial charge < -0.3 is 0 Å². The fourth-order valence-electron chi connectivity index (χ4n) is 1.24. The minimum Gasteiger partial charge on any atom is -0.0616 e. The van der Waals surface area contributed by atoms with Crippen LogP contribution in [0.25, 0.3) is 10.8 Å². The van der Waals surface area contributed by atoms with Gasteiger partial charge in [0.15, 0.2) is 0 Å². The Labute approximate surface area is 84.7 Å². The maximum absolute atomic E-state index is 4.21. The Morgan fingerprint density at radius 3 is 2.92 bits per heavy atom. The van der Waals surface area contributed by atoms with Crippen LogP contribution < -0.4 is 2.90 Å². The Balaban J connectivity index is 2.91. The van der Waals surface area contributed by atoms with E-state index in [0.717, 1.165) is 0 Å². The molecule has 0 unspecified atom stereocenters. The first-order valence-electron chi connectivity index (χ1n) is 3.72. The molecule has 3 heteroatoms. The molecule has 1 aromatic heterocycles. The molecule has 0 aliphatic carbocycles. The van der Waals surface area contributed by atoms with Crippen LogP contribution in [0.2, 0.25) is 0 Å². The maximum Gasteiger partial charge on any atom is 0.384 e. The fraction of sp³-hybridized carbons (Fsp3) is 0.111. The number of halogens is 1. The van der Waals surface area contributed by atoms with E-state index in [1.54, 1.807) is 0 Å². The molecule has 0 spiro atoms. The fourth-order valence-corrected chi connectivity index (χ4v) is 1.62. The quantitative estimate of drug-likeness (QED) is 0.670. The van der Waals surface area contributed by atoms with Crippen molar-refractivity contribution in [3.63, 3.8) is 0 Å². The van der Waals surface area contributed by atoms with E-state index in [-0.39, 0.29) is 0 Å². The van der Waals surface area contributed by atoms with Crippen LogP contribution in [-0.2, 0) is 0 Å². The summed E-state index contributed by atoms with van der Waals surface area (Å²) in [5.74, 6) is 0. The Morgan fingerprint density at radius 2 is 2.08 bits per heavy atom. The summed E-state index contributed by atoms with van der Waals surface area (Å²) < 4.78 is 1.86. The van der Waals surface area contributed by atoms with E-state index in [1.807, 2.05) is 21.2 Å². The molecule has 2 rings (SSSR count). The molecular weight excluding hydrogens is 263 g/mol. The minimum absolute atomic E-state index is 1.19. The number of benzene rings is 1. The summed E-state index contributed by atoms with van der Waals surface area (Å²) in [5, 5.41) is 6.67. The van der Waals surface area contributed by atoms with Crippen molar-refractivity contribution in [2.24, 2.45) is 0 Å². The molecule has 0 fully saturated rings. The molecule has 0 atom stereocenters. The highest BCUT2D eigenvalue weighted by molar-refractivity contribution is 14.1. The van der Waals surface area contributed by atoms with Crippen molar-refractivity contribution in [1.29, 1.82) is 0 Å². The van der Waals surface area contributed by atoms with Crippen LogP contribution in [-0.4, -0.2) is 5.10 Å². The van der Waals surface area contributed by atoms with Crippen molar-refractivity contribution in [2.45, 2.75) is 6.92 Å². The standard InChI is InChI=1S/C9H8IN2/c1-7-9-5-3-2-4-8(9)6-11-12(7)10/h2-6H,1H3/q+1. The number of hydrogen-bond acceptors (Lipinski definition) is 1. The predicted octanol–water partition coefficient (Wildman–Crippen LogP) is 2.03. The molecular formula is C9H8IN2+. The second-order valence-electron chi connectivity index (χ2n) is 2.68. The van der Waals surface area contributed by atoms with Crippen LogP contribution in [0.1, 0.15) is 5.69 Å². The third-order valence-electron chi connectivity index (χ3n) is 1.93. The summed E-state index contributed by atoms with van der Waals surface area (Å²) in [6.45, 7) is 2.07. The van der Waals surface area contributed by atoms with Gasteiger partial charge in [0.05, 0.1) is 5.39 Å². The molecule has 1 aromatic carbocycles. The average molecular weight is 271 g/mol. The van der Waals surface area contributed by atoms with E-state index in [9.17, 15) is 0 Å². The van der Waals surface area contributed by atoms with Crippen molar-refractivity contribution in [3.05, 3.63) is 36.2 Å². The monoisotopic (exact) mass is 271 g/mol. The van der Waals surface area contributed by atoms with Crippen molar-refractivity contribution >= 4 is 33.6 Å². The third-order valence-corrected chi connectivity index (χ3v) is 2.90. The van der Waals surface area contributed by atoms with Gasteiger partial charge >= 0.3 is 22.9 Å². The summed E-state index contributed by atoms with van der Waals surface area (Å²) in [6, 6.07) is 8.26. The lowest BCUT2D eigenvalue weighted by Crippen LogP contribution is -2.27. The van der Waals surface area contributed by atoms with Crippen molar-refractivity contribution < 1.29 is 2.90 Å². The van der Waals surface area contributed by atoms with Gasteiger partial charge in [-0.25, -0.2) is 0 Å². The summed E-state index contributed by atoms with van der Waals surface area (Å²) in [4.78, 5) is 0. The number of aryl methyl sites for hydroxylation is 1. The third kappa shape index (κ3) is 1.18. The van der Waals surface area contributed by atoms with Crippen molar-refractivity contribution in [1.82, 2.24) is 5.10 Å². The normalized spacial score (nSPS) is 10.5. The first-order chi connectivity index (χ1) is 5.79. The van der Waals surface area contributed by atoms with E-state index in [2.05, 4.69) is 47.0 Å². The van der Waals surface area contributed by atoms with Gasteiger partial charge in [0.1, 0.15) is 6.20 Å². The average Bonchev–Trinajstić information content (AvgIpc) is 2.12. The molecule has 60 valence electrons. The van der Waals surface area contributed by atoms with Gasteiger partial charge in [-0.15, -0.1) is 0 Å². The molecule has 0 aliphatic heterocycles. The zero-order chi connectivity index (χ0) is 8.55. The van der Waals surface area contributed by atoms with Gasteiger partial charge in [-0.1, -0.05) is 18.2 Å². The SMILES string of the molecule is Cc1c2ccccc2cn[n+]1I. The molecule has 2 aromatic rings. The zero-order valence-corrected chi connectivity index (χ0v) is 8.82.